The van der Waals surface area contributed by atoms with Gasteiger partial charge in [-0.15, -0.1) is 0 Å². The van der Waals surface area contributed by atoms with Gasteiger partial charge < -0.3 is 14.7 Å². The normalized spacial score (nSPS) is 23.4. The molecule has 2 rings (SSSR count). The van der Waals surface area contributed by atoms with Crippen molar-refractivity contribution in [1.82, 2.24) is 14.7 Å². The van der Waals surface area contributed by atoms with Gasteiger partial charge in [-0.05, 0) is 52.6 Å². The van der Waals surface area contributed by atoms with Crippen LogP contribution in [0.15, 0.2) is 0 Å². The lowest BCUT2D eigenvalue weighted by Gasteiger charge is -2.44. The Labute approximate surface area is 136 Å². The van der Waals surface area contributed by atoms with Crippen molar-refractivity contribution in [2.75, 3.05) is 33.2 Å². The van der Waals surface area contributed by atoms with Crippen molar-refractivity contribution in [2.45, 2.75) is 71.5 Å². The summed E-state index contributed by atoms with van der Waals surface area (Å²) >= 11 is 0. The summed E-state index contributed by atoms with van der Waals surface area (Å²) in [6.07, 6.45) is 4.89. The summed E-state index contributed by atoms with van der Waals surface area (Å²) in [5.41, 5.74) is 0. The summed E-state index contributed by atoms with van der Waals surface area (Å²) < 4.78 is 0. The fourth-order valence-electron chi connectivity index (χ4n) is 3.99. The number of carbonyl (C=O) groups is 1. The minimum absolute atomic E-state index is 0.114. The van der Waals surface area contributed by atoms with Crippen LogP contribution in [0.25, 0.3) is 0 Å². The molecule has 22 heavy (non-hydrogen) atoms. The van der Waals surface area contributed by atoms with Gasteiger partial charge in [-0.3, -0.25) is 4.79 Å². The van der Waals surface area contributed by atoms with Crippen LogP contribution >= 0.6 is 0 Å². The number of likely N-dealkylation sites (tertiary alicyclic amines) is 2. The van der Waals surface area contributed by atoms with Gasteiger partial charge in [0.05, 0.1) is 0 Å². The molecule has 2 saturated heterocycles. The number of nitrogens with zero attached hydrogens (tertiary/aromatic N) is 3. The van der Waals surface area contributed by atoms with Gasteiger partial charge in [0.15, 0.2) is 0 Å². The molecule has 0 N–H and O–H groups in total. The Bertz CT molecular complexity index is 353. The van der Waals surface area contributed by atoms with Crippen molar-refractivity contribution < 1.29 is 4.79 Å². The van der Waals surface area contributed by atoms with E-state index in [1.165, 1.54) is 25.9 Å². The molecule has 1 amide bonds. The molecule has 2 fully saturated rings. The van der Waals surface area contributed by atoms with Crippen molar-refractivity contribution >= 4 is 5.91 Å². The number of hydrogen-bond donors (Lipinski definition) is 0. The Morgan fingerprint density at radius 1 is 0.955 bits per heavy atom. The highest BCUT2D eigenvalue weighted by molar-refractivity contribution is 5.78. The SMILES string of the molecule is CC(C)C(=O)N(C)C1CCN(C2CCN(C(C)C)CC2)CC1. The molecule has 0 unspecified atom stereocenters. The van der Waals surface area contributed by atoms with Gasteiger partial charge in [-0.2, -0.15) is 0 Å². The summed E-state index contributed by atoms with van der Waals surface area (Å²) in [6.45, 7) is 13.4. The van der Waals surface area contributed by atoms with E-state index in [1.54, 1.807) is 0 Å². The fraction of sp³-hybridized carbons (Fsp3) is 0.944. The monoisotopic (exact) mass is 309 g/mol. The molecule has 0 aromatic carbocycles. The molecule has 2 aliphatic rings. The molecule has 0 aliphatic carbocycles. The highest BCUT2D eigenvalue weighted by Gasteiger charge is 2.31. The molecule has 0 saturated carbocycles. The number of carbonyl (C=O) groups excluding carboxylic acids is 1. The fourth-order valence-corrected chi connectivity index (χ4v) is 3.99. The molecule has 0 atom stereocenters. The Balaban J connectivity index is 1.77. The lowest BCUT2D eigenvalue weighted by atomic mass is 9.96. The average molecular weight is 309 g/mol. The summed E-state index contributed by atoms with van der Waals surface area (Å²) in [5, 5.41) is 0. The summed E-state index contributed by atoms with van der Waals surface area (Å²) in [4.78, 5) is 19.4. The van der Waals surface area contributed by atoms with Crippen LogP contribution in [-0.2, 0) is 4.79 Å². The Morgan fingerprint density at radius 2 is 1.50 bits per heavy atom. The first-order valence-electron chi connectivity index (χ1n) is 9.15. The molecule has 4 nitrogen and oxygen atoms in total. The lowest BCUT2D eigenvalue weighted by Crippen LogP contribution is -2.52. The van der Waals surface area contributed by atoms with E-state index < -0.39 is 0 Å². The molecular formula is C18H35N3O. The molecule has 0 radical (unpaired) electrons. The van der Waals surface area contributed by atoms with Crippen molar-refractivity contribution in [3.63, 3.8) is 0 Å². The maximum Gasteiger partial charge on any atom is 0.225 e. The minimum Gasteiger partial charge on any atom is -0.342 e. The second-order valence-corrected chi connectivity index (χ2v) is 7.73. The third kappa shape index (κ3) is 4.23. The Morgan fingerprint density at radius 3 is 1.95 bits per heavy atom. The standard InChI is InChI=1S/C18H35N3O/c1-14(2)18(22)19(5)16-6-12-21(13-7-16)17-8-10-20(11-9-17)15(3)4/h14-17H,6-13H2,1-5H3. The van der Waals surface area contributed by atoms with Crippen molar-refractivity contribution in [2.24, 2.45) is 5.92 Å². The first-order valence-corrected chi connectivity index (χ1v) is 9.15. The topological polar surface area (TPSA) is 26.8 Å². The van der Waals surface area contributed by atoms with E-state index in [2.05, 4.69) is 23.6 Å². The highest BCUT2D eigenvalue weighted by Crippen LogP contribution is 2.24. The van der Waals surface area contributed by atoms with Gasteiger partial charge in [0.2, 0.25) is 5.91 Å². The van der Waals surface area contributed by atoms with Crippen LogP contribution in [-0.4, -0.2) is 72.0 Å². The molecule has 0 aromatic heterocycles. The summed E-state index contributed by atoms with van der Waals surface area (Å²) in [7, 11) is 1.99. The largest absolute Gasteiger partial charge is 0.342 e. The van der Waals surface area contributed by atoms with Crippen LogP contribution in [0.2, 0.25) is 0 Å². The lowest BCUT2D eigenvalue weighted by molar-refractivity contribution is -0.136. The van der Waals surface area contributed by atoms with E-state index in [1.807, 2.05) is 25.8 Å². The Kier molecular flexibility index (Phi) is 6.27. The Hall–Kier alpha value is -0.610. The second-order valence-electron chi connectivity index (χ2n) is 7.73. The number of hydrogen-bond acceptors (Lipinski definition) is 3. The predicted molar refractivity (Wildman–Crippen MR) is 91.9 cm³/mol. The molecule has 0 aromatic rings. The minimum atomic E-state index is 0.114. The van der Waals surface area contributed by atoms with Gasteiger partial charge in [-0.25, -0.2) is 0 Å². The zero-order valence-corrected chi connectivity index (χ0v) is 15.2. The molecule has 0 spiro atoms. The second kappa shape index (κ2) is 7.78. The van der Waals surface area contributed by atoms with Gasteiger partial charge in [0, 0.05) is 44.2 Å². The van der Waals surface area contributed by atoms with Gasteiger partial charge >= 0.3 is 0 Å². The van der Waals surface area contributed by atoms with Crippen LogP contribution in [0.1, 0.15) is 53.4 Å². The first-order chi connectivity index (χ1) is 10.4. The maximum atomic E-state index is 12.1. The van der Waals surface area contributed by atoms with E-state index in [-0.39, 0.29) is 5.92 Å². The predicted octanol–water partition coefficient (Wildman–Crippen LogP) is 2.44. The summed E-state index contributed by atoms with van der Waals surface area (Å²) in [5.74, 6) is 0.409. The van der Waals surface area contributed by atoms with E-state index in [9.17, 15) is 4.79 Å². The van der Waals surface area contributed by atoms with Gasteiger partial charge in [0.1, 0.15) is 0 Å². The average Bonchev–Trinajstić information content (AvgIpc) is 2.53. The zero-order valence-electron chi connectivity index (χ0n) is 15.2. The molecule has 2 heterocycles. The van der Waals surface area contributed by atoms with E-state index in [0.29, 0.717) is 18.0 Å². The third-order valence-electron chi connectivity index (χ3n) is 5.63. The van der Waals surface area contributed by atoms with Crippen LogP contribution in [0.4, 0.5) is 0 Å². The van der Waals surface area contributed by atoms with Gasteiger partial charge in [0.25, 0.3) is 0 Å². The molecule has 128 valence electrons. The van der Waals surface area contributed by atoms with E-state index in [0.717, 1.165) is 32.0 Å². The first kappa shape index (κ1) is 17.7. The molecule has 4 heteroatoms. The van der Waals surface area contributed by atoms with Crippen LogP contribution < -0.4 is 0 Å². The number of rotatable bonds is 4. The van der Waals surface area contributed by atoms with Crippen LogP contribution in [0, 0.1) is 5.92 Å². The van der Waals surface area contributed by atoms with Crippen molar-refractivity contribution in [3.05, 3.63) is 0 Å². The van der Waals surface area contributed by atoms with Crippen molar-refractivity contribution in [3.8, 4) is 0 Å². The van der Waals surface area contributed by atoms with E-state index in [4.69, 9.17) is 0 Å². The maximum absolute atomic E-state index is 12.1. The van der Waals surface area contributed by atoms with Crippen LogP contribution in [0.3, 0.4) is 0 Å². The highest BCUT2D eigenvalue weighted by atomic mass is 16.2. The zero-order chi connectivity index (χ0) is 16.3. The van der Waals surface area contributed by atoms with Crippen molar-refractivity contribution in [1.29, 1.82) is 0 Å². The van der Waals surface area contributed by atoms with Crippen LogP contribution in [0.5, 0.6) is 0 Å². The van der Waals surface area contributed by atoms with E-state index >= 15 is 0 Å². The molecule has 0 bridgehead atoms. The molecular weight excluding hydrogens is 274 g/mol. The summed E-state index contributed by atoms with van der Waals surface area (Å²) in [6, 6.07) is 1.89. The van der Waals surface area contributed by atoms with Gasteiger partial charge in [-0.1, -0.05) is 13.8 Å². The third-order valence-corrected chi connectivity index (χ3v) is 5.63. The number of piperidine rings is 2. The smallest absolute Gasteiger partial charge is 0.225 e. The molecule has 2 aliphatic heterocycles. The number of amides is 1. The quantitative estimate of drug-likeness (QED) is 0.798.